The molecule has 11 heavy (non-hydrogen) atoms. The topological polar surface area (TPSA) is 0 Å². The fraction of sp³-hybridized carbons (Fsp3) is 0.857. The van der Waals surface area contributed by atoms with Gasteiger partial charge in [0.2, 0.25) is 0 Å². The Labute approximate surface area is 62.6 Å². The monoisotopic (exact) mass is 169 g/mol. The minimum Gasteiger partial charge on any atom is -0.199 e. The van der Waals surface area contributed by atoms with Crippen molar-refractivity contribution in [1.29, 1.82) is 0 Å². The predicted octanol–water partition coefficient (Wildman–Crippen LogP) is 2.89. The van der Waals surface area contributed by atoms with Crippen molar-refractivity contribution in [3.05, 3.63) is 6.92 Å². The normalized spacial score (nSPS) is 27.0. The maximum absolute atomic E-state index is 12.1. The smallest absolute Gasteiger partial charge is 0.199 e. The van der Waals surface area contributed by atoms with E-state index in [0.29, 0.717) is 12.8 Å². The van der Waals surface area contributed by atoms with Crippen LogP contribution < -0.4 is 0 Å². The second kappa shape index (κ2) is 2.35. The molecule has 0 spiro atoms. The van der Waals surface area contributed by atoms with E-state index in [1.54, 1.807) is 0 Å². The molecule has 0 bridgehead atoms. The van der Waals surface area contributed by atoms with Crippen LogP contribution in [0, 0.1) is 12.8 Å². The van der Waals surface area contributed by atoms with E-state index in [1.165, 1.54) is 0 Å². The maximum Gasteiger partial charge on any atom is 0.319 e. The van der Waals surface area contributed by atoms with Crippen LogP contribution in [0.25, 0.3) is 0 Å². The highest BCUT2D eigenvalue weighted by Crippen LogP contribution is 2.64. The Morgan fingerprint density at radius 2 is 1.55 bits per heavy atom. The zero-order chi connectivity index (χ0) is 8.70. The summed E-state index contributed by atoms with van der Waals surface area (Å²) in [5.74, 6) is -9.22. The molecule has 1 saturated carbocycles. The molecule has 1 fully saturated rings. The Bertz CT molecular complexity index is 139. The lowest BCUT2D eigenvalue weighted by Gasteiger charge is -1.91. The van der Waals surface area contributed by atoms with Crippen LogP contribution in [0.4, 0.5) is 17.6 Å². The van der Waals surface area contributed by atoms with Crippen LogP contribution in [0.1, 0.15) is 19.3 Å². The molecule has 0 saturated heterocycles. The largest absolute Gasteiger partial charge is 0.319 e. The highest BCUT2D eigenvalue weighted by atomic mass is 19.3. The molecule has 1 radical (unpaired) electrons. The van der Waals surface area contributed by atoms with Crippen LogP contribution in [0.15, 0.2) is 0 Å². The van der Waals surface area contributed by atoms with Gasteiger partial charge in [0, 0.05) is 0 Å². The van der Waals surface area contributed by atoms with Crippen molar-refractivity contribution in [3.63, 3.8) is 0 Å². The molecule has 0 amide bonds. The molecule has 4 heteroatoms. The second-order valence-corrected chi connectivity index (χ2v) is 2.79. The molecular weight excluding hydrogens is 160 g/mol. The summed E-state index contributed by atoms with van der Waals surface area (Å²) in [6, 6.07) is 0. The third kappa shape index (κ3) is 1.12. The average Bonchev–Trinajstić information content (AvgIpc) is 2.23. The maximum atomic E-state index is 12.1. The molecule has 0 aromatic rings. The van der Waals surface area contributed by atoms with Gasteiger partial charge in [-0.05, 0) is 6.42 Å². The van der Waals surface area contributed by atoms with E-state index in [1.807, 2.05) is 0 Å². The number of halogens is 4. The van der Waals surface area contributed by atoms with Crippen molar-refractivity contribution in [3.8, 4) is 0 Å². The number of rotatable bonds is 3. The van der Waals surface area contributed by atoms with Crippen molar-refractivity contribution in [1.82, 2.24) is 0 Å². The first-order chi connectivity index (χ1) is 4.94. The summed E-state index contributed by atoms with van der Waals surface area (Å²) in [6.07, 6.45) is 0.655. The van der Waals surface area contributed by atoms with Gasteiger partial charge >= 0.3 is 11.8 Å². The first-order valence-corrected chi connectivity index (χ1v) is 3.49. The number of hydrogen-bond donors (Lipinski definition) is 0. The Hall–Kier alpha value is -0.280. The zero-order valence-electron chi connectivity index (χ0n) is 5.92. The Morgan fingerprint density at radius 3 is 1.82 bits per heavy atom. The fourth-order valence-electron chi connectivity index (χ4n) is 1.12. The van der Waals surface area contributed by atoms with Gasteiger partial charge in [0.15, 0.2) is 0 Å². The van der Waals surface area contributed by atoms with Crippen molar-refractivity contribution < 1.29 is 17.6 Å². The molecule has 0 atom stereocenters. The number of hydrogen-bond acceptors (Lipinski definition) is 0. The highest BCUT2D eigenvalue weighted by Gasteiger charge is 2.84. The summed E-state index contributed by atoms with van der Waals surface area (Å²) in [7, 11) is 0. The van der Waals surface area contributed by atoms with E-state index < -0.39 is 17.8 Å². The summed E-state index contributed by atoms with van der Waals surface area (Å²) < 4.78 is 48.5. The van der Waals surface area contributed by atoms with Crippen molar-refractivity contribution in [2.75, 3.05) is 0 Å². The molecule has 0 unspecified atom stereocenters. The van der Waals surface area contributed by atoms with Crippen LogP contribution in [0.2, 0.25) is 0 Å². The van der Waals surface area contributed by atoms with E-state index in [4.69, 9.17) is 0 Å². The molecule has 0 aromatic carbocycles. The standard InChI is InChI=1S/C7H9F4/c1-2-3-4-5-6(8,9)7(5,10)11/h5H,1-4H2. The van der Waals surface area contributed by atoms with E-state index in [9.17, 15) is 17.6 Å². The van der Waals surface area contributed by atoms with Gasteiger partial charge in [-0.3, -0.25) is 0 Å². The van der Waals surface area contributed by atoms with E-state index in [-0.39, 0.29) is 6.42 Å². The Kier molecular flexibility index (Phi) is 1.89. The van der Waals surface area contributed by atoms with Crippen molar-refractivity contribution >= 4 is 0 Å². The van der Waals surface area contributed by atoms with Gasteiger partial charge in [-0.2, -0.15) is 17.6 Å². The minimum absolute atomic E-state index is 0.122. The van der Waals surface area contributed by atoms with Crippen LogP contribution in [0.3, 0.4) is 0 Å². The number of unbranched alkanes of at least 4 members (excludes halogenated alkanes) is 1. The predicted molar refractivity (Wildman–Crippen MR) is 32.6 cm³/mol. The molecule has 1 aliphatic carbocycles. The van der Waals surface area contributed by atoms with Gasteiger partial charge in [0.25, 0.3) is 0 Å². The summed E-state index contributed by atoms with van der Waals surface area (Å²) in [4.78, 5) is 0. The fourth-order valence-corrected chi connectivity index (χ4v) is 1.12. The molecule has 0 N–H and O–H groups in total. The summed E-state index contributed by atoms with van der Waals surface area (Å²) in [5, 5.41) is 0. The van der Waals surface area contributed by atoms with E-state index in [2.05, 4.69) is 6.92 Å². The van der Waals surface area contributed by atoms with Gasteiger partial charge in [0.1, 0.15) is 0 Å². The van der Waals surface area contributed by atoms with Crippen LogP contribution in [0.5, 0.6) is 0 Å². The Balaban J connectivity index is 2.41. The van der Waals surface area contributed by atoms with Crippen LogP contribution in [-0.4, -0.2) is 11.8 Å². The molecule has 0 aromatic heterocycles. The quantitative estimate of drug-likeness (QED) is 0.570. The van der Waals surface area contributed by atoms with E-state index >= 15 is 0 Å². The highest BCUT2D eigenvalue weighted by molar-refractivity contribution is 5.13. The molecule has 0 nitrogen and oxygen atoms in total. The van der Waals surface area contributed by atoms with Gasteiger partial charge < -0.3 is 0 Å². The third-order valence-electron chi connectivity index (χ3n) is 1.98. The van der Waals surface area contributed by atoms with Gasteiger partial charge in [-0.1, -0.05) is 19.8 Å². The molecule has 0 aliphatic heterocycles. The molecule has 0 heterocycles. The lowest BCUT2D eigenvalue weighted by atomic mass is 10.2. The lowest BCUT2D eigenvalue weighted by Crippen LogP contribution is -2.02. The first-order valence-electron chi connectivity index (χ1n) is 3.49. The molecular formula is C7H9F4. The minimum atomic E-state index is -3.75. The first kappa shape index (κ1) is 8.81. The summed E-state index contributed by atoms with van der Waals surface area (Å²) >= 11 is 0. The van der Waals surface area contributed by atoms with Gasteiger partial charge in [-0.25, -0.2) is 0 Å². The average molecular weight is 169 g/mol. The Morgan fingerprint density at radius 1 is 1.09 bits per heavy atom. The second-order valence-electron chi connectivity index (χ2n) is 2.79. The van der Waals surface area contributed by atoms with Gasteiger partial charge in [0.05, 0.1) is 5.92 Å². The SMILES string of the molecule is [CH2]CCCC1C(F)(F)C1(F)F. The van der Waals surface area contributed by atoms with Crippen molar-refractivity contribution in [2.24, 2.45) is 5.92 Å². The third-order valence-corrected chi connectivity index (χ3v) is 1.98. The summed E-state index contributed by atoms with van der Waals surface area (Å²) in [5.41, 5.74) is 0. The summed E-state index contributed by atoms with van der Waals surface area (Å²) in [6.45, 7) is 3.39. The zero-order valence-corrected chi connectivity index (χ0v) is 5.92. The molecule has 1 rings (SSSR count). The molecule has 1 aliphatic rings. The van der Waals surface area contributed by atoms with Crippen LogP contribution >= 0.6 is 0 Å². The molecule has 65 valence electrons. The van der Waals surface area contributed by atoms with Crippen molar-refractivity contribution in [2.45, 2.75) is 31.1 Å². The number of alkyl halides is 4. The van der Waals surface area contributed by atoms with E-state index in [0.717, 1.165) is 0 Å². The van der Waals surface area contributed by atoms with Crippen LogP contribution in [-0.2, 0) is 0 Å². The lowest BCUT2D eigenvalue weighted by molar-refractivity contribution is -0.0278. The van der Waals surface area contributed by atoms with Gasteiger partial charge in [-0.15, -0.1) is 0 Å².